The normalized spacial score (nSPS) is 11.7. The van der Waals surface area contributed by atoms with Crippen molar-refractivity contribution < 1.29 is 28.6 Å². The molecular weight excluding hydrogens is 526 g/mol. The number of rotatable bonds is 13. The van der Waals surface area contributed by atoms with Crippen LogP contribution < -0.4 is 15.2 Å². The summed E-state index contributed by atoms with van der Waals surface area (Å²) < 4.78 is 17.2. The highest BCUT2D eigenvalue weighted by Crippen LogP contribution is 2.29. The van der Waals surface area contributed by atoms with Crippen molar-refractivity contribution in [2.24, 2.45) is 0 Å². The summed E-state index contributed by atoms with van der Waals surface area (Å²) in [5, 5.41) is 14.3. The number of furan rings is 1. The van der Waals surface area contributed by atoms with Crippen LogP contribution in [0.25, 0.3) is 22.5 Å². The molecule has 1 amide bonds. The number of aryl methyl sites for hydroxylation is 1. The fourth-order valence-corrected chi connectivity index (χ4v) is 4.83. The molecule has 0 fully saturated rings. The van der Waals surface area contributed by atoms with E-state index in [0.717, 1.165) is 33.8 Å². The Labute approximate surface area is 238 Å². The third kappa shape index (κ3) is 7.34. The maximum absolute atomic E-state index is 13.2. The van der Waals surface area contributed by atoms with Gasteiger partial charge in [0.15, 0.2) is 0 Å². The Balaban J connectivity index is 1.50. The van der Waals surface area contributed by atoms with Crippen LogP contribution in [-0.4, -0.2) is 37.0 Å². The maximum atomic E-state index is 13.2. The summed E-state index contributed by atoms with van der Waals surface area (Å²) >= 11 is 1.51. The second kappa shape index (κ2) is 13.9. The van der Waals surface area contributed by atoms with Crippen molar-refractivity contribution in [1.82, 2.24) is 5.32 Å². The number of ether oxygens (including phenoxy) is 2. The second-order valence-electron chi connectivity index (χ2n) is 9.31. The number of aliphatic carboxylic acids is 1. The standard InChI is InChI=1S/C32H33NO6S/c1-21-7-4-5-10-26(21)28-17-22(11-13-27(28)31(34)33-29(32(35)36)15-16-40-3)19-38-20-25-12-14-30(39-25)23-8-6-9-24(18-23)37-2/h4-14,17-18,29H,15-16,19-20H2,1-3H3,(H,33,34)(H,35,36)/p-1/t29-/m0/s1. The van der Waals surface area contributed by atoms with Crippen molar-refractivity contribution in [1.29, 1.82) is 0 Å². The first kappa shape index (κ1) is 29.0. The van der Waals surface area contributed by atoms with E-state index >= 15 is 0 Å². The fourth-order valence-electron chi connectivity index (χ4n) is 4.35. The summed E-state index contributed by atoms with van der Waals surface area (Å²) in [5.41, 5.74) is 4.76. The van der Waals surface area contributed by atoms with Gasteiger partial charge >= 0.3 is 0 Å². The molecule has 0 saturated heterocycles. The van der Waals surface area contributed by atoms with Crippen molar-refractivity contribution in [3.05, 3.63) is 101 Å². The molecule has 40 heavy (non-hydrogen) atoms. The monoisotopic (exact) mass is 558 g/mol. The van der Waals surface area contributed by atoms with Gasteiger partial charge in [0.2, 0.25) is 0 Å². The molecule has 0 saturated carbocycles. The molecule has 1 aromatic heterocycles. The number of benzene rings is 3. The van der Waals surface area contributed by atoms with E-state index in [4.69, 9.17) is 13.9 Å². The van der Waals surface area contributed by atoms with Crippen LogP contribution in [0.2, 0.25) is 0 Å². The Morgan fingerprint density at radius 2 is 1.80 bits per heavy atom. The first-order chi connectivity index (χ1) is 19.4. The Morgan fingerprint density at radius 1 is 0.975 bits per heavy atom. The van der Waals surface area contributed by atoms with Crippen LogP contribution in [0.1, 0.15) is 33.7 Å². The fraction of sp³-hybridized carbons (Fsp3) is 0.250. The molecule has 0 aliphatic carbocycles. The lowest BCUT2D eigenvalue weighted by molar-refractivity contribution is -0.308. The van der Waals surface area contributed by atoms with E-state index in [2.05, 4.69) is 5.32 Å². The molecule has 1 atom stereocenters. The zero-order valence-corrected chi connectivity index (χ0v) is 23.6. The average molecular weight is 559 g/mol. The van der Waals surface area contributed by atoms with Crippen molar-refractivity contribution in [2.75, 3.05) is 19.1 Å². The Bertz CT molecular complexity index is 1460. The molecule has 1 heterocycles. The van der Waals surface area contributed by atoms with Crippen LogP contribution in [0.3, 0.4) is 0 Å². The highest BCUT2D eigenvalue weighted by molar-refractivity contribution is 7.98. The molecular formula is C32H32NO6S-. The topological polar surface area (TPSA) is 101 Å². The Morgan fingerprint density at radius 3 is 2.55 bits per heavy atom. The Kier molecular flexibility index (Phi) is 10.0. The van der Waals surface area contributed by atoms with Gasteiger partial charge < -0.3 is 29.1 Å². The van der Waals surface area contributed by atoms with E-state index in [1.54, 1.807) is 13.2 Å². The van der Waals surface area contributed by atoms with Gasteiger partial charge in [-0.1, -0.05) is 42.5 Å². The van der Waals surface area contributed by atoms with Gasteiger partial charge in [0, 0.05) is 11.1 Å². The van der Waals surface area contributed by atoms with E-state index < -0.39 is 17.9 Å². The van der Waals surface area contributed by atoms with Crippen molar-refractivity contribution >= 4 is 23.6 Å². The van der Waals surface area contributed by atoms with E-state index in [1.807, 2.05) is 86.0 Å². The van der Waals surface area contributed by atoms with E-state index in [9.17, 15) is 14.7 Å². The quantitative estimate of drug-likeness (QED) is 0.239. The summed E-state index contributed by atoms with van der Waals surface area (Å²) in [6.07, 6.45) is 2.17. The molecule has 3 aromatic carbocycles. The smallest absolute Gasteiger partial charge is 0.252 e. The van der Waals surface area contributed by atoms with Crippen molar-refractivity contribution in [2.45, 2.75) is 32.6 Å². The van der Waals surface area contributed by atoms with Crippen LogP contribution in [-0.2, 0) is 22.7 Å². The first-order valence-corrected chi connectivity index (χ1v) is 14.3. The minimum atomic E-state index is -1.29. The van der Waals surface area contributed by atoms with E-state index in [-0.39, 0.29) is 13.0 Å². The number of hydrogen-bond acceptors (Lipinski definition) is 7. The van der Waals surface area contributed by atoms with Crippen LogP contribution >= 0.6 is 11.8 Å². The largest absolute Gasteiger partial charge is 0.548 e. The predicted octanol–water partition coefficient (Wildman–Crippen LogP) is 5.25. The molecule has 208 valence electrons. The van der Waals surface area contributed by atoms with Crippen LogP contribution in [0, 0.1) is 6.92 Å². The number of carboxylic acid groups (broad SMARTS) is 1. The van der Waals surface area contributed by atoms with E-state index in [1.165, 1.54) is 11.8 Å². The summed E-state index contributed by atoms with van der Waals surface area (Å²) in [6.45, 7) is 2.54. The lowest BCUT2D eigenvalue weighted by atomic mass is 9.93. The third-order valence-electron chi connectivity index (χ3n) is 6.49. The lowest BCUT2D eigenvalue weighted by Gasteiger charge is -2.21. The van der Waals surface area contributed by atoms with Crippen LogP contribution in [0.5, 0.6) is 5.75 Å². The summed E-state index contributed by atoms with van der Waals surface area (Å²) in [5.74, 6) is 1.01. The molecule has 4 rings (SSSR count). The van der Waals surface area contributed by atoms with Gasteiger partial charge in [-0.3, -0.25) is 4.79 Å². The summed E-state index contributed by atoms with van der Waals surface area (Å²) in [7, 11) is 1.63. The number of carbonyl (C=O) groups is 2. The van der Waals surface area contributed by atoms with Crippen LogP contribution in [0.4, 0.5) is 0 Å². The summed E-state index contributed by atoms with van der Waals surface area (Å²) in [4.78, 5) is 24.9. The van der Waals surface area contributed by atoms with Gasteiger partial charge in [0.25, 0.3) is 5.91 Å². The predicted molar refractivity (Wildman–Crippen MR) is 155 cm³/mol. The number of carboxylic acids is 1. The second-order valence-corrected chi connectivity index (χ2v) is 10.3. The average Bonchev–Trinajstić information content (AvgIpc) is 3.44. The molecule has 7 nitrogen and oxygen atoms in total. The van der Waals surface area contributed by atoms with Gasteiger partial charge in [-0.05, 0) is 84.0 Å². The van der Waals surface area contributed by atoms with Gasteiger partial charge in [-0.15, -0.1) is 0 Å². The van der Waals surface area contributed by atoms with Crippen molar-refractivity contribution in [3.63, 3.8) is 0 Å². The number of carbonyl (C=O) groups excluding carboxylic acids is 2. The summed E-state index contributed by atoms with van der Waals surface area (Å²) in [6, 6.07) is 23.6. The molecule has 0 aliphatic rings. The highest BCUT2D eigenvalue weighted by atomic mass is 32.2. The zero-order chi connectivity index (χ0) is 28.5. The van der Waals surface area contributed by atoms with Gasteiger partial charge in [-0.25, -0.2) is 0 Å². The minimum absolute atomic E-state index is 0.272. The van der Waals surface area contributed by atoms with E-state index in [0.29, 0.717) is 29.2 Å². The molecule has 0 unspecified atom stereocenters. The van der Waals surface area contributed by atoms with Crippen molar-refractivity contribution in [3.8, 4) is 28.2 Å². The molecule has 1 N–H and O–H groups in total. The molecule has 0 aliphatic heterocycles. The number of hydrogen-bond donors (Lipinski definition) is 1. The highest BCUT2D eigenvalue weighted by Gasteiger charge is 2.19. The molecule has 0 spiro atoms. The molecule has 0 bridgehead atoms. The number of nitrogens with one attached hydrogen (secondary N) is 1. The third-order valence-corrected chi connectivity index (χ3v) is 7.14. The van der Waals surface area contributed by atoms with Crippen LogP contribution in [0.15, 0.2) is 83.3 Å². The molecule has 4 aromatic rings. The number of thioether (sulfide) groups is 1. The molecule has 0 radical (unpaired) electrons. The zero-order valence-electron chi connectivity index (χ0n) is 22.8. The number of amides is 1. The number of methoxy groups -OCH3 is 1. The van der Waals surface area contributed by atoms with Gasteiger partial charge in [-0.2, -0.15) is 11.8 Å². The molecule has 8 heteroatoms. The van der Waals surface area contributed by atoms with Gasteiger partial charge in [0.1, 0.15) is 23.9 Å². The lowest BCUT2D eigenvalue weighted by Crippen LogP contribution is -2.48. The van der Waals surface area contributed by atoms with Gasteiger partial charge in [0.05, 0.1) is 25.7 Å². The first-order valence-electron chi connectivity index (χ1n) is 12.9. The Hall–Kier alpha value is -4.01. The minimum Gasteiger partial charge on any atom is -0.548 e. The maximum Gasteiger partial charge on any atom is 0.252 e. The SMILES string of the molecule is COc1cccc(-c2ccc(COCc3ccc(C(=O)N[C@@H](CCSC)C(=O)[O-])c(-c4ccccc4C)c3)o2)c1.